The molecule has 0 radical (unpaired) electrons. The van der Waals surface area contributed by atoms with Gasteiger partial charge in [0.2, 0.25) is 5.91 Å². The number of urea groups is 1. The molecular formula is C27H31ClFN5O5. The Kier molecular flexibility index (Phi) is 10.8. The topological polar surface area (TPSA) is 133 Å². The number of nitrogens with one attached hydrogen (secondary N) is 3. The van der Waals surface area contributed by atoms with Crippen molar-refractivity contribution in [2.24, 2.45) is 0 Å². The van der Waals surface area contributed by atoms with Crippen LogP contribution in [-0.2, 0) is 16.1 Å². The zero-order valence-electron chi connectivity index (χ0n) is 21.6. The Morgan fingerprint density at radius 2 is 1.87 bits per heavy atom. The fourth-order valence-corrected chi connectivity index (χ4v) is 3.84. The van der Waals surface area contributed by atoms with Crippen LogP contribution in [0.2, 0.25) is 5.02 Å². The fourth-order valence-electron chi connectivity index (χ4n) is 3.65. The van der Waals surface area contributed by atoms with E-state index in [1.54, 1.807) is 25.3 Å². The molecule has 0 saturated heterocycles. The number of amides is 4. The lowest BCUT2D eigenvalue weighted by Crippen LogP contribution is -2.46. The molecule has 208 valence electrons. The molecule has 0 spiro atoms. The maximum atomic E-state index is 13.7. The number of aliphatic hydroxyl groups is 1. The molecule has 39 heavy (non-hydrogen) atoms. The molecule has 4 N–H and O–H groups in total. The van der Waals surface area contributed by atoms with E-state index in [9.17, 15) is 23.9 Å². The minimum Gasteiger partial charge on any atom is -0.447 e. The van der Waals surface area contributed by atoms with Gasteiger partial charge in [-0.05, 0) is 36.4 Å². The summed E-state index contributed by atoms with van der Waals surface area (Å²) in [6.45, 7) is 1.39. The molecule has 0 fully saturated rings. The van der Waals surface area contributed by atoms with Crippen molar-refractivity contribution in [3.63, 3.8) is 0 Å². The third-order valence-electron chi connectivity index (χ3n) is 5.90. The van der Waals surface area contributed by atoms with Crippen LogP contribution in [0.15, 0.2) is 54.7 Å². The molecule has 10 nitrogen and oxygen atoms in total. The Labute approximate surface area is 230 Å². The first-order valence-electron chi connectivity index (χ1n) is 12.3. The van der Waals surface area contributed by atoms with Gasteiger partial charge in [0.05, 0.1) is 17.2 Å². The summed E-state index contributed by atoms with van der Waals surface area (Å²) in [4.78, 5) is 43.0. The van der Waals surface area contributed by atoms with E-state index in [-0.39, 0.29) is 43.5 Å². The fraction of sp³-hybridized carbons (Fsp3) is 0.333. The summed E-state index contributed by atoms with van der Waals surface area (Å²) in [5.41, 5.74) is 0.394. The average Bonchev–Trinajstić information content (AvgIpc) is 2.92. The van der Waals surface area contributed by atoms with Crippen LogP contribution < -0.4 is 16.0 Å². The average molecular weight is 560 g/mol. The van der Waals surface area contributed by atoms with Crippen LogP contribution in [0.3, 0.4) is 0 Å². The minimum atomic E-state index is -0.776. The van der Waals surface area contributed by atoms with Crippen LogP contribution in [0.4, 0.5) is 19.8 Å². The molecule has 0 unspecified atom stereocenters. The largest absolute Gasteiger partial charge is 0.447 e. The number of fused-ring (bicyclic) bond motifs is 1. The van der Waals surface area contributed by atoms with E-state index >= 15 is 0 Å². The maximum absolute atomic E-state index is 13.7. The number of ether oxygens (including phenoxy) is 1. The van der Waals surface area contributed by atoms with Crippen LogP contribution in [0.1, 0.15) is 25.3 Å². The second kappa shape index (κ2) is 14.3. The number of halogens is 2. The van der Waals surface area contributed by atoms with Crippen LogP contribution in [0.25, 0.3) is 10.8 Å². The number of aliphatic hydroxyl groups excluding tert-OH is 1. The number of pyridine rings is 1. The first-order valence-corrected chi connectivity index (χ1v) is 12.7. The molecule has 0 aliphatic carbocycles. The van der Waals surface area contributed by atoms with Crippen molar-refractivity contribution in [3.8, 4) is 0 Å². The van der Waals surface area contributed by atoms with Crippen LogP contribution in [0.5, 0.6) is 0 Å². The highest BCUT2D eigenvalue weighted by molar-refractivity contribution is 6.31. The summed E-state index contributed by atoms with van der Waals surface area (Å²) in [6, 6.07) is 12.3. The van der Waals surface area contributed by atoms with Crippen LogP contribution in [-0.4, -0.2) is 65.4 Å². The third kappa shape index (κ3) is 9.08. The van der Waals surface area contributed by atoms with Gasteiger partial charge < -0.3 is 25.4 Å². The molecule has 1 aromatic heterocycles. The first-order chi connectivity index (χ1) is 18.6. The van der Waals surface area contributed by atoms with E-state index in [2.05, 4.69) is 20.9 Å². The first kappa shape index (κ1) is 29.6. The summed E-state index contributed by atoms with van der Waals surface area (Å²) < 4.78 is 19.1. The lowest BCUT2D eigenvalue weighted by Gasteiger charge is -2.28. The Morgan fingerprint density at radius 1 is 1.13 bits per heavy atom. The molecule has 2 aromatic carbocycles. The van der Waals surface area contributed by atoms with E-state index in [1.807, 2.05) is 24.3 Å². The zero-order chi connectivity index (χ0) is 28.4. The van der Waals surface area contributed by atoms with Crippen molar-refractivity contribution in [2.45, 2.75) is 38.5 Å². The Morgan fingerprint density at radius 3 is 2.62 bits per heavy atom. The Balaban J connectivity index is 1.61. The number of likely N-dealkylation sites (N-methyl/N-ethyl adjacent to an activating group) is 1. The van der Waals surface area contributed by atoms with Gasteiger partial charge in [0.1, 0.15) is 18.2 Å². The van der Waals surface area contributed by atoms with Gasteiger partial charge in [-0.1, -0.05) is 48.0 Å². The maximum Gasteiger partial charge on any atom is 0.412 e. The molecule has 4 amide bonds. The van der Waals surface area contributed by atoms with Crippen molar-refractivity contribution in [2.75, 3.05) is 25.5 Å². The highest BCUT2D eigenvalue weighted by Gasteiger charge is 2.23. The van der Waals surface area contributed by atoms with Gasteiger partial charge in [0.15, 0.2) is 0 Å². The van der Waals surface area contributed by atoms with Gasteiger partial charge >= 0.3 is 12.1 Å². The Hall–Kier alpha value is -3.96. The summed E-state index contributed by atoms with van der Waals surface area (Å²) in [7, 11) is 1.49. The second-order valence-electron chi connectivity index (χ2n) is 8.97. The molecule has 2 atom stereocenters. The summed E-state index contributed by atoms with van der Waals surface area (Å²) in [5, 5.41) is 18.9. The SMILES string of the molecule is C[C@H](O)CNC(=O)CC[C@@H](COC(=O)Nc1cc2ccccc2cn1)N(C)C(=O)NCc1cccc(F)c1Cl. The molecule has 0 aliphatic heterocycles. The predicted octanol–water partition coefficient (Wildman–Crippen LogP) is 4.06. The van der Waals surface area contributed by atoms with Gasteiger partial charge in [-0.25, -0.2) is 19.0 Å². The quantitative estimate of drug-likeness (QED) is 0.280. The van der Waals surface area contributed by atoms with Gasteiger partial charge in [0.25, 0.3) is 0 Å². The van der Waals surface area contributed by atoms with Gasteiger partial charge in [-0.15, -0.1) is 0 Å². The number of carbonyl (C=O) groups is 3. The van der Waals surface area contributed by atoms with Crippen LogP contribution in [0, 0.1) is 5.82 Å². The highest BCUT2D eigenvalue weighted by Crippen LogP contribution is 2.20. The summed E-state index contributed by atoms with van der Waals surface area (Å²) >= 11 is 5.97. The normalized spacial score (nSPS) is 12.3. The van der Waals surface area contributed by atoms with Gasteiger partial charge in [0, 0.05) is 38.1 Å². The van der Waals surface area contributed by atoms with Crippen molar-refractivity contribution in [1.29, 1.82) is 0 Å². The lowest BCUT2D eigenvalue weighted by atomic mass is 10.1. The summed E-state index contributed by atoms with van der Waals surface area (Å²) in [5.74, 6) is -0.630. The number of aromatic nitrogens is 1. The number of anilines is 1. The number of carbonyl (C=O) groups excluding carboxylic acids is 3. The zero-order valence-corrected chi connectivity index (χ0v) is 22.4. The molecule has 3 aromatic rings. The standard InChI is InChI=1S/C27H31ClFN5O5/c1-17(35)13-31-24(36)11-10-21(34(2)26(37)32-15-20-8-5-9-22(29)25(20)28)16-39-27(38)33-23-12-18-6-3-4-7-19(18)14-30-23/h3-9,12,14,17,21,35H,10-11,13,15-16H2,1-2H3,(H,31,36)(H,32,37)(H,30,33,38)/t17-,21-/m0/s1. The molecule has 0 bridgehead atoms. The van der Waals surface area contributed by atoms with E-state index < -0.39 is 30.1 Å². The molecule has 1 heterocycles. The number of benzene rings is 2. The third-order valence-corrected chi connectivity index (χ3v) is 6.32. The molecule has 3 rings (SSSR count). The number of rotatable bonds is 11. The van der Waals surface area contributed by atoms with Crippen molar-refractivity contribution < 1.29 is 28.6 Å². The van der Waals surface area contributed by atoms with Gasteiger partial charge in [-0.2, -0.15) is 0 Å². The highest BCUT2D eigenvalue weighted by atomic mass is 35.5. The van der Waals surface area contributed by atoms with E-state index in [4.69, 9.17) is 16.3 Å². The number of hydrogen-bond acceptors (Lipinski definition) is 6. The van der Waals surface area contributed by atoms with E-state index in [1.165, 1.54) is 24.1 Å². The van der Waals surface area contributed by atoms with E-state index in [0.717, 1.165) is 10.8 Å². The smallest absolute Gasteiger partial charge is 0.412 e. The van der Waals surface area contributed by atoms with Crippen LogP contribution >= 0.6 is 11.6 Å². The molecular weight excluding hydrogens is 529 g/mol. The number of hydrogen-bond donors (Lipinski definition) is 4. The van der Waals surface area contributed by atoms with Crippen molar-refractivity contribution in [3.05, 3.63) is 71.1 Å². The van der Waals surface area contributed by atoms with Crippen molar-refractivity contribution >= 4 is 46.2 Å². The van der Waals surface area contributed by atoms with E-state index in [0.29, 0.717) is 11.4 Å². The second-order valence-corrected chi connectivity index (χ2v) is 9.35. The predicted molar refractivity (Wildman–Crippen MR) is 146 cm³/mol. The minimum absolute atomic E-state index is 0.0158. The lowest BCUT2D eigenvalue weighted by molar-refractivity contribution is -0.121. The van der Waals surface area contributed by atoms with Crippen molar-refractivity contribution in [1.82, 2.24) is 20.5 Å². The summed E-state index contributed by atoms with van der Waals surface area (Å²) in [6.07, 6.45) is 0.327. The Bertz CT molecular complexity index is 1310. The molecule has 0 aliphatic rings. The molecule has 12 heteroatoms. The monoisotopic (exact) mass is 559 g/mol. The van der Waals surface area contributed by atoms with Gasteiger partial charge in [-0.3, -0.25) is 10.1 Å². The molecule has 0 saturated carbocycles. The number of nitrogens with zero attached hydrogens (tertiary/aromatic N) is 2.